The fourth-order valence-corrected chi connectivity index (χ4v) is 1.91. The van der Waals surface area contributed by atoms with Crippen molar-refractivity contribution in [2.45, 2.75) is 20.4 Å². The van der Waals surface area contributed by atoms with Gasteiger partial charge in [-0.2, -0.15) is 0 Å². The number of hydrogen-bond acceptors (Lipinski definition) is 3. The van der Waals surface area contributed by atoms with Crippen LogP contribution in [0.5, 0.6) is 0 Å². The molecule has 0 bridgehead atoms. The van der Waals surface area contributed by atoms with Crippen molar-refractivity contribution in [3.05, 3.63) is 47.5 Å². The number of carboxylic acid groups (broad SMARTS) is 1. The molecule has 0 spiro atoms. The average molecular weight is 273 g/mol. The van der Waals surface area contributed by atoms with Crippen molar-refractivity contribution in [3.63, 3.8) is 0 Å². The van der Waals surface area contributed by atoms with Gasteiger partial charge in [0, 0.05) is 11.9 Å². The van der Waals surface area contributed by atoms with Gasteiger partial charge in [0.05, 0.1) is 11.4 Å². The zero-order valence-electron chi connectivity index (χ0n) is 11.3. The highest BCUT2D eigenvalue weighted by molar-refractivity contribution is 6.03. The van der Waals surface area contributed by atoms with Gasteiger partial charge in [-0.3, -0.25) is 14.6 Å². The van der Waals surface area contributed by atoms with Crippen LogP contribution in [-0.4, -0.2) is 26.5 Å². The number of carboxylic acids is 1. The summed E-state index contributed by atoms with van der Waals surface area (Å²) in [5, 5.41) is 11.5. The molecule has 0 atom stereocenters. The topological polar surface area (TPSA) is 84.2 Å². The molecule has 0 saturated heterocycles. The molecule has 0 aliphatic carbocycles. The van der Waals surface area contributed by atoms with Crippen molar-refractivity contribution in [1.29, 1.82) is 0 Å². The minimum absolute atomic E-state index is 0.249. The lowest BCUT2D eigenvalue weighted by molar-refractivity contribution is -0.137. The highest BCUT2D eigenvalue weighted by Gasteiger charge is 2.14. The number of anilines is 1. The summed E-state index contributed by atoms with van der Waals surface area (Å²) in [5.74, 6) is -1.35. The molecule has 6 heteroatoms. The minimum atomic E-state index is -0.997. The van der Waals surface area contributed by atoms with Crippen molar-refractivity contribution in [2.24, 2.45) is 0 Å². The van der Waals surface area contributed by atoms with Gasteiger partial charge in [-0.15, -0.1) is 0 Å². The first kappa shape index (κ1) is 13.8. The minimum Gasteiger partial charge on any atom is -0.480 e. The molecule has 2 aromatic heterocycles. The number of amides is 1. The van der Waals surface area contributed by atoms with Gasteiger partial charge in [0.25, 0.3) is 5.91 Å². The normalized spacial score (nSPS) is 10.3. The zero-order valence-corrected chi connectivity index (χ0v) is 11.3. The summed E-state index contributed by atoms with van der Waals surface area (Å²) in [6, 6.07) is 6.80. The first-order valence-corrected chi connectivity index (χ1v) is 6.10. The first-order valence-electron chi connectivity index (χ1n) is 6.10. The largest absolute Gasteiger partial charge is 0.480 e. The van der Waals surface area contributed by atoms with E-state index >= 15 is 0 Å². The van der Waals surface area contributed by atoms with Crippen LogP contribution in [0.15, 0.2) is 30.5 Å². The highest BCUT2D eigenvalue weighted by atomic mass is 16.4. The van der Waals surface area contributed by atoms with Crippen LogP contribution >= 0.6 is 0 Å². The summed E-state index contributed by atoms with van der Waals surface area (Å²) in [5.41, 5.74) is 2.50. The first-order chi connectivity index (χ1) is 9.47. The molecule has 20 heavy (non-hydrogen) atoms. The Hall–Kier alpha value is -2.63. The molecule has 0 radical (unpaired) electrons. The van der Waals surface area contributed by atoms with E-state index in [0.717, 1.165) is 11.4 Å². The van der Waals surface area contributed by atoms with E-state index in [4.69, 9.17) is 5.11 Å². The quantitative estimate of drug-likeness (QED) is 0.890. The maximum Gasteiger partial charge on any atom is 0.323 e. The molecule has 0 aliphatic rings. The van der Waals surface area contributed by atoms with Gasteiger partial charge in [0.2, 0.25) is 0 Å². The van der Waals surface area contributed by atoms with Gasteiger partial charge in [-0.1, -0.05) is 0 Å². The molecular formula is C14H15N3O3. The monoisotopic (exact) mass is 273 g/mol. The second-order valence-electron chi connectivity index (χ2n) is 4.45. The van der Waals surface area contributed by atoms with E-state index in [-0.39, 0.29) is 12.5 Å². The van der Waals surface area contributed by atoms with Crippen LogP contribution in [0.3, 0.4) is 0 Å². The fourth-order valence-electron chi connectivity index (χ4n) is 1.91. The number of aryl methyl sites for hydroxylation is 2. The van der Waals surface area contributed by atoms with Crippen LogP contribution in [-0.2, 0) is 11.3 Å². The van der Waals surface area contributed by atoms with Crippen LogP contribution in [0.2, 0.25) is 0 Å². The summed E-state index contributed by atoms with van der Waals surface area (Å²) in [6.07, 6.45) is 1.56. The van der Waals surface area contributed by atoms with Gasteiger partial charge in [0.15, 0.2) is 0 Å². The van der Waals surface area contributed by atoms with Crippen LogP contribution in [0, 0.1) is 13.8 Å². The van der Waals surface area contributed by atoms with E-state index < -0.39 is 5.97 Å². The number of carbonyl (C=O) groups excluding carboxylic acids is 1. The summed E-state index contributed by atoms with van der Waals surface area (Å²) >= 11 is 0. The molecule has 0 unspecified atom stereocenters. The highest BCUT2D eigenvalue weighted by Crippen LogP contribution is 2.14. The molecular weight excluding hydrogens is 258 g/mol. The Kier molecular flexibility index (Phi) is 3.84. The van der Waals surface area contributed by atoms with E-state index in [9.17, 15) is 9.59 Å². The Morgan fingerprint density at radius 2 is 2.05 bits per heavy atom. The van der Waals surface area contributed by atoms with Gasteiger partial charge < -0.3 is 15.0 Å². The average Bonchev–Trinajstić information content (AvgIpc) is 2.80. The summed E-state index contributed by atoms with van der Waals surface area (Å²) < 4.78 is 1.38. The summed E-state index contributed by atoms with van der Waals surface area (Å²) in [4.78, 5) is 27.2. The Labute approximate surface area is 116 Å². The van der Waals surface area contributed by atoms with E-state index in [0.29, 0.717) is 11.4 Å². The Bertz CT molecular complexity index is 661. The molecule has 0 fully saturated rings. The molecule has 0 aliphatic heterocycles. The van der Waals surface area contributed by atoms with Gasteiger partial charge >= 0.3 is 5.97 Å². The number of nitrogens with zero attached hydrogens (tertiary/aromatic N) is 2. The number of pyridine rings is 1. The van der Waals surface area contributed by atoms with E-state index in [1.54, 1.807) is 37.4 Å². The molecule has 2 N–H and O–H groups in total. The molecule has 0 aromatic carbocycles. The predicted molar refractivity (Wildman–Crippen MR) is 73.7 cm³/mol. The number of carbonyl (C=O) groups is 2. The van der Waals surface area contributed by atoms with Crippen LogP contribution in [0.25, 0.3) is 0 Å². The zero-order chi connectivity index (χ0) is 14.7. The van der Waals surface area contributed by atoms with E-state index in [1.807, 2.05) is 6.92 Å². The predicted octanol–water partition coefficient (Wildman–Crippen LogP) is 1.84. The molecule has 104 valence electrons. The number of aliphatic carboxylic acids is 1. The molecule has 2 rings (SSSR count). The van der Waals surface area contributed by atoms with Crippen molar-refractivity contribution in [1.82, 2.24) is 9.55 Å². The Morgan fingerprint density at radius 1 is 1.30 bits per heavy atom. The molecule has 2 aromatic rings. The van der Waals surface area contributed by atoms with E-state index in [1.165, 1.54) is 4.57 Å². The van der Waals surface area contributed by atoms with Gasteiger partial charge in [-0.25, -0.2) is 0 Å². The lowest BCUT2D eigenvalue weighted by Crippen LogP contribution is -2.20. The summed E-state index contributed by atoms with van der Waals surface area (Å²) in [7, 11) is 0. The van der Waals surface area contributed by atoms with Crippen molar-refractivity contribution < 1.29 is 14.7 Å². The maximum atomic E-state index is 12.2. The summed E-state index contributed by atoms with van der Waals surface area (Å²) in [6.45, 7) is 3.43. The third-order valence-electron chi connectivity index (χ3n) is 2.84. The standard InChI is InChI=1S/C14H15N3O3/c1-9-5-6-11(10(2)15-9)16-14(20)12-4-3-7-17(12)8-13(18)19/h3-7H,8H2,1-2H3,(H,16,20)(H,18,19). The molecule has 6 nitrogen and oxygen atoms in total. The fraction of sp³-hybridized carbons (Fsp3) is 0.214. The number of rotatable bonds is 4. The van der Waals surface area contributed by atoms with Gasteiger partial charge in [-0.05, 0) is 38.1 Å². The van der Waals surface area contributed by atoms with Crippen molar-refractivity contribution >= 4 is 17.6 Å². The van der Waals surface area contributed by atoms with Crippen molar-refractivity contribution in [3.8, 4) is 0 Å². The third-order valence-corrected chi connectivity index (χ3v) is 2.84. The van der Waals surface area contributed by atoms with Gasteiger partial charge in [0.1, 0.15) is 12.2 Å². The van der Waals surface area contributed by atoms with Crippen LogP contribution in [0.1, 0.15) is 21.9 Å². The van der Waals surface area contributed by atoms with Crippen LogP contribution in [0.4, 0.5) is 5.69 Å². The SMILES string of the molecule is Cc1ccc(NC(=O)c2cccn2CC(=O)O)c(C)n1. The number of nitrogens with one attached hydrogen (secondary N) is 1. The second-order valence-corrected chi connectivity index (χ2v) is 4.45. The lowest BCUT2D eigenvalue weighted by atomic mass is 10.2. The van der Waals surface area contributed by atoms with E-state index in [2.05, 4.69) is 10.3 Å². The molecule has 2 heterocycles. The Balaban J connectivity index is 2.20. The van der Waals surface area contributed by atoms with Crippen LogP contribution < -0.4 is 5.32 Å². The smallest absolute Gasteiger partial charge is 0.323 e. The second kappa shape index (κ2) is 5.56. The maximum absolute atomic E-state index is 12.2. The number of aromatic nitrogens is 2. The number of hydrogen-bond donors (Lipinski definition) is 2. The Morgan fingerprint density at radius 3 is 2.70 bits per heavy atom. The van der Waals surface area contributed by atoms with Crippen molar-refractivity contribution in [2.75, 3.05) is 5.32 Å². The lowest BCUT2D eigenvalue weighted by Gasteiger charge is -2.10. The molecule has 0 saturated carbocycles. The molecule has 1 amide bonds. The third kappa shape index (κ3) is 3.03.